The van der Waals surface area contributed by atoms with Crippen molar-refractivity contribution < 1.29 is 4.57 Å². The van der Waals surface area contributed by atoms with Gasteiger partial charge in [-0.3, -0.25) is 4.98 Å². The van der Waals surface area contributed by atoms with Gasteiger partial charge in [0.2, 0.25) is 0 Å². The van der Waals surface area contributed by atoms with Gasteiger partial charge in [-0.25, -0.2) is 4.57 Å². The number of aromatic nitrogens is 2. The second-order valence-corrected chi connectivity index (χ2v) is 6.76. The third-order valence-electron chi connectivity index (χ3n) is 4.63. The van der Waals surface area contributed by atoms with Crippen LogP contribution in [-0.2, 0) is 13.0 Å². The van der Waals surface area contributed by atoms with Gasteiger partial charge in [0.15, 0.2) is 12.4 Å². The molecular formula is C22H33N2+. The van der Waals surface area contributed by atoms with Gasteiger partial charge in [0.05, 0.1) is 0 Å². The van der Waals surface area contributed by atoms with E-state index in [0.29, 0.717) is 0 Å². The molecule has 130 valence electrons. The molecule has 2 heterocycles. The molecule has 0 unspecified atom stereocenters. The molecule has 0 spiro atoms. The molecule has 0 saturated carbocycles. The largest absolute Gasteiger partial charge is 0.264 e. The summed E-state index contributed by atoms with van der Waals surface area (Å²) in [6, 6.07) is 10.5. The average molecular weight is 326 g/mol. The van der Waals surface area contributed by atoms with Crippen LogP contribution >= 0.6 is 0 Å². The minimum absolute atomic E-state index is 1.16. The van der Waals surface area contributed by atoms with Crippen LogP contribution in [0.1, 0.15) is 69.8 Å². The first kappa shape index (κ1) is 18.6. The average Bonchev–Trinajstić information content (AvgIpc) is 2.64. The SMILES string of the molecule is c1cc[n+](CCCCCCCCCCCCc2cccnc2)cc1. The van der Waals surface area contributed by atoms with E-state index < -0.39 is 0 Å². The molecule has 2 heteroatoms. The lowest BCUT2D eigenvalue weighted by atomic mass is 10.0. The van der Waals surface area contributed by atoms with E-state index in [4.69, 9.17) is 0 Å². The molecule has 0 atom stereocenters. The summed E-state index contributed by atoms with van der Waals surface area (Å²) in [7, 11) is 0. The molecule has 0 N–H and O–H groups in total. The Morgan fingerprint density at radius 3 is 1.92 bits per heavy atom. The molecule has 0 saturated heterocycles. The van der Waals surface area contributed by atoms with Gasteiger partial charge in [-0.15, -0.1) is 0 Å². The summed E-state index contributed by atoms with van der Waals surface area (Å²) < 4.78 is 2.28. The van der Waals surface area contributed by atoms with Crippen LogP contribution in [0.25, 0.3) is 0 Å². The van der Waals surface area contributed by atoms with Gasteiger partial charge in [0, 0.05) is 30.9 Å². The molecule has 0 bridgehead atoms. The molecule has 0 amide bonds. The van der Waals surface area contributed by atoms with Crippen LogP contribution in [0.15, 0.2) is 55.1 Å². The van der Waals surface area contributed by atoms with Crippen molar-refractivity contribution >= 4 is 0 Å². The van der Waals surface area contributed by atoms with Gasteiger partial charge in [-0.2, -0.15) is 0 Å². The fourth-order valence-corrected chi connectivity index (χ4v) is 3.17. The Kier molecular flexibility index (Phi) is 9.85. The third kappa shape index (κ3) is 8.81. The molecule has 2 aromatic rings. The minimum atomic E-state index is 1.16. The Balaban J connectivity index is 1.32. The van der Waals surface area contributed by atoms with E-state index in [9.17, 15) is 0 Å². The van der Waals surface area contributed by atoms with Crippen LogP contribution in [0.4, 0.5) is 0 Å². The summed E-state index contributed by atoms with van der Waals surface area (Å²) in [5, 5.41) is 0. The van der Waals surface area contributed by atoms with Crippen molar-refractivity contribution in [1.29, 1.82) is 0 Å². The number of unbranched alkanes of at least 4 members (excludes halogenated alkanes) is 9. The van der Waals surface area contributed by atoms with Crippen LogP contribution < -0.4 is 4.57 Å². The van der Waals surface area contributed by atoms with Crippen molar-refractivity contribution in [3.05, 3.63) is 60.7 Å². The monoisotopic (exact) mass is 325 g/mol. The molecule has 2 rings (SSSR count). The Morgan fingerprint density at radius 1 is 0.667 bits per heavy atom. The molecule has 2 aromatic heterocycles. The number of aryl methyl sites for hydroxylation is 2. The zero-order chi connectivity index (χ0) is 16.7. The number of nitrogens with zero attached hydrogens (tertiary/aromatic N) is 2. The van der Waals surface area contributed by atoms with E-state index >= 15 is 0 Å². The molecule has 0 aliphatic rings. The normalized spacial score (nSPS) is 10.8. The minimum Gasteiger partial charge on any atom is -0.264 e. The fourth-order valence-electron chi connectivity index (χ4n) is 3.17. The first-order valence-corrected chi connectivity index (χ1v) is 9.78. The second kappa shape index (κ2) is 12.7. The predicted molar refractivity (Wildman–Crippen MR) is 101 cm³/mol. The lowest BCUT2D eigenvalue weighted by molar-refractivity contribution is -0.697. The van der Waals surface area contributed by atoms with Gasteiger partial charge in [0.25, 0.3) is 0 Å². The summed E-state index contributed by atoms with van der Waals surface area (Å²) in [5.41, 5.74) is 1.38. The van der Waals surface area contributed by atoms with Crippen LogP contribution in [0, 0.1) is 0 Å². The van der Waals surface area contributed by atoms with Crippen LogP contribution in [-0.4, -0.2) is 4.98 Å². The van der Waals surface area contributed by atoms with Gasteiger partial charge >= 0.3 is 0 Å². The molecule has 24 heavy (non-hydrogen) atoms. The number of rotatable bonds is 13. The van der Waals surface area contributed by atoms with E-state index in [0.717, 1.165) is 6.54 Å². The zero-order valence-corrected chi connectivity index (χ0v) is 15.1. The molecule has 0 aromatic carbocycles. The predicted octanol–water partition coefficient (Wildman–Crippen LogP) is 5.51. The molecule has 0 aliphatic heterocycles. The zero-order valence-electron chi connectivity index (χ0n) is 15.1. The smallest absolute Gasteiger partial charge is 0.168 e. The lowest BCUT2D eigenvalue weighted by Gasteiger charge is -2.03. The molecule has 2 nitrogen and oxygen atoms in total. The highest BCUT2D eigenvalue weighted by molar-refractivity contribution is 5.08. The van der Waals surface area contributed by atoms with E-state index in [1.807, 2.05) is 18.5 Å². The van der Waals surface area contributed by atoms with Crippen LogP contribution in [0.5, 0.6) is 0 Å². The fraction of sp³-hybridized carbons (Fsp3) is 0.545. The summed E-state index contributed by atoms with van der Waals surface area (Å²) in [5.74, 6) is 0. The Morgan fingerprint density at radius 2 is 1.29 bits per heavy atom. The molecular weight excluding hydrogens is 292 g/mol. The second-order valence-electron chi connectivity index (χ2n) is 6.76. The van der Waals surface area contributed by atoms with Gasteiger partial charge in [0.1, 0.15) is 6.54 Å². The maximum atomic E-state index is 4.17. The maximum absolute atomic E-state index is 4.17. The summed E-state index contributed by atoms with van der Waals surface area (Å²) in [4.78, 5) is 4.17. The number of hydrogen-bond donors (Lipinski definition) is 0. The Labute approximate surface area is 148 Å². The topological polar surface area (TPSA) is 16.8 Å². The van der Waals surface area contributed by atoms with E-state index in [1.54, 1.807) is 0 Å². The van der Waals surface area contributed by atoms with E-state index in [-0.39, 0.29) is 0 Å². The Hall–Kier alpha value is -1.70. The first-order valence-electron chi connectivity index (χ1n) is 9.78. The molecule has 0 fully saturated rings. The highest BCUT2D eigenvalue weighted by atomic mass is 14.9. The maximum Gasteiger partial charge on any atom is 0.168 e. The van der Waals surface area contributed by atoms with E-state index in [1.165, 1.54) is 76.2 Å². The van der Waals surface area contributed by atoms with Gasteiger partial charge in [-0.1, -0.05) is 57.1 Å². The van der Waals surface area contributed by atoms with Crippen LogP contribution in [0.3, 0.4) is 0 Å². The third-order valence-corrected chi connectivity index (χ3v) is 4.63. The number of pyridine rings is 2. The quantitative estimate of drug-likeness (QED) is 0.350. The summed E-state index contributed by atoms with van der Waals surface area (Å²) in [6.45, 7) is 1.16. The standard InChI is InChI=1S/C22H33N2/c1(3-5-7-10-15-22-16-14-17-23-21-22)2-4-6-8-11-18-24-19-12-9-13-20-24/h9,12-14,16-17,19-21H,1-8,10-11,15,18H2/q+1. The van der Waals surface area contributed by atoms with Gasteiger partial charge < -0.3 is 0 Å². The van der Waals surface area contributed by atoms with Crippen molar-refractivity contribution in [2.24, 2.45) is 0 Å². The molecule has 0 radical (unpaired) electrons. The highest BCUT2D eigenvalue weighted by Crippen LogP contribution is 2.12. The van der Waals surface area contributed by atoms with Crippen molar-refractivity contribution in [2.75, 3.05) is 0 Å². The van der Waals surface area contributed by atoms with E-state index in [2.05, 4.69) is 46.2 Å². The van der Waals surface area contributed by atoms with Crippen molar-refractivity contribution in [1.82, 2.24) is 4.98 Å². The number of hydrogen-bond acceptors (Lipinski definition) is 1. The van der Waals surface area contributed by atoms with Gasteiger partial charge in [-0.05, 0) is 30.9 Å². The lowest BCUT2D eigenvalue weighted by Crippen LogP contribution is -2.32. The highest BCUT2D eigenvalue weighted by Gasteiger charge is 1.98. The van der Waals surface area contributed by atoms with Crippen molar-refractivity contribution in [3.63, 3.8) is 0 Å². The molecule has 0 aliphatic carbocycles. The van der Waals surface area contributed by atoms with Crippen LogP contribution in [0.2, 0.25) is 0 Å². The van der Waals surface area contributed by atoms with Crippen molar-refractivity contribution in [2.45, 2.75) is 77.2 Å². The summed E-state index contributed by atoms with van der Waals surface area (Å²) in [6.07, 6.45) is 23.2. The summed E-state index contributed by atoms with van der Waals surface area (Å²) >= 11 is 0. The Bertz CT molecular complexity index is 461. The first-order chi connectivity index (χ1) is 11.9. The van der Waals surface area contributed by atoms with Crippen molar-refractivity contribution in [3.8, 4) is 0 Å².